The molecule has 0 bridgehead atoms. The minimum atomic E-state index is -3.12. The fraction of sp³-hybridized carbons (Fsp3) is 0.462. The largest absolute Gasteiger partial charge is 0.444 e. The van der Waals surface area contributed by atoms with Crippen molar-refractivity contribution < 1.29 is 27.8 Å². The van der Waals surface area contributed by atoms with E-state index in [0.29, 0.717) is 0 Å². The minimum Gasteiger partial charge on any atom is -0.444 e. The molecule has 112 valence electrons. The Kier molecular flexibility index (Phi) is 4.99. The Balaban J connectivity index is 2.88. The van der Waals surface area contributed by atoms with Crippen molar-refractivity contribution in [3.05, 3.63) is 29.6 Å². The zero-order valence-corrected chi connectivity index (χ0v) is 11.3. The van der Waals surface area contributed by atoms with Crippen molar-refractivity contribution in [1.82, 2.24) is 0 Å². The molecule has 0 aromatic heterocycles. The van der Waals surface area contributed by atoms with Crippen LogP contribution in [0, 0.1) is 5.82 Å². The molecule has 0 radical (unpaired) electrons. The molecule has 1 unspecified atom stereocenters. The van der Waals surface area contributed by atoms with E-state index in [1.165, 1.54) is 6.07 Å². The zero-order chi connectivity index (χ0) is 15.5. The van der Waals surface area contributed by atoms with Crippen LogP contribution in [0.5, 0.6) is 0 Å². The van der Waals surface area contributed by atoms with Crippen LogP contribution in [0.25, 0.3) is 0 Å². The Morgan fingerprint density at radius 1 is 1.35 bits per heavy atom. The standard InChI is InChI=1S/C13H16F3NO3/c1-13(2,3)20-12(19)17-7-4-5-9(14)8(6-7)10(18)11(15)16/h4-6,10-11,18H,1-3H3,(H,17,19). The number of aliphatic hydroxyl groups excluding tert-OH is 1. The molecule has 0 saturated heterocycles. The summed E-state index contributed by atoms with van der Waals surface area (Å²) in [5, 5.41) is 11.5. The van der Waals surface area contributed by atoms with Gasteiger partial charge in [0.1, 0.15) is 17.5 Å². The van der Waals surface area contributed by atoms with Crippen molar-refractivity contribution in [3.63, 3.8) is 0 Å². The smallest absolute Gasteiger partial charge is 0.412 e. The third-order valence-corrected chi connectivity index (χ3v) is 2.20. The third kappa shape index (κ3) is 4.73. The van der Waals surface area contributed by atoms with Crippen molar-refractivity contribution in [1.29, 1.82) is 0 Å². The van der Waals surface area contributed by atoms with Crippen LogP contribution in [0.15, 0.2) is 18.2 Å². The van der Waals surface area contributed by atoms with Gasteiger partial charge < -0.3 is 9.84 Å². The lowest BCUT2D eigenvalue weighted by atomic mass is 10.1. The number of benzene rings is 1. The van der Waals surface area contributed by atoms with Gasteiger partial charge in [0.2, 0.25) is 0 Å². The topological polar surface area (TPSA) is 58.6 Å². The number of rotatable bonds is 3. The molecule has 1 aromatic carbocycles. The van der Waals surface area contributed by atoms with E-state index < -0.39 is 35.6 Å². The van der Waals surface area contributed by atoms with Crippen LogP contribution in [0.1, 0.15) is 32.4 Å². The molecule has 0 spiro atoms. The molecule has 1 rings (SSSR count). The number of carbonyl (C=O) groups excluding carboxylic acids is 1. The fourth-order valence-electron chi connectivity index (χ4n) is 1.41. The van der Waals surface area contributed by atoms with Crippen LogP contribution in [0.2, 0.25) is 0 Å². The Bertz CT molecular complexity index is 486. The van der Waals surface area contributed by atoms with Crippen LogP contribution in [-0.2, 0) is 4.74 Å². The summed E-state index contributed by atoms with van der Waals surface area (Å²) in [5.74, 6) is -0.979. The highest BCUT2D eigenvalue weighted by atomic mass is 19.3. The number of aliphatic hydroxyl groups is 1. The normalized spacial score (nSPS) is 13.2. The lowest BCUT2D eigenvalue weighted by molar-refractivity contribution is -0.00767. The van der Waals surface area contributed by atoms with Crippen molar-refractivity contribution in [3.8, 4) is 0 Å². The van der Waals surface area contributed by atoms with Gasteiger partial charge in [-0.2, -0.15) is 0 Å². The highest BCUT2D eigenvalue weighted by Gasteiger charge is 2.23. The molecule has 0 saturated carbocycles. The predicted octanol–water partition coefficient (Wildman–Crippen LogP) is 3.47. The summed E-state index contributed by atoms with van der Waals surface area (Å²) in [6.45, 7) is 4.97. The maximum absolute atomic E-state index is 13.4. The Hall–Kier alpha value is -1.76. The van der Waals surface area contributed by atoms with E-state index in [0.717, 1.165) is 12.1 Å². The second-order valence-electron chi connectivity index (χ2n) is 5.14. The Morgan fingerprint density at radius 3 is 2.45 bits per heavy atom. The van der Waals surface area contributed by atoms with E-state index in [1.54, 1.807) is 20.8 Å². The quantitative estimate of drug-likeness (QED) is 0.896. The van der Waals surface area contributed by atoms with Gasteiger partial charge in [0.05, 0.1) is 0 Å². The molecule has 4 nitrogen and oxygen atoms in total. The van der Waals surface area contributed by atoms with E-state index in [9.17, 15) is 23.1 Å². The van der Waals surface area contributed by atoms with Crippen LogP contribution in [-0.4, -0.2) is 23.2 Å². The average molecular weight is 291 g/mol. The number of alkyl halides is 2. The number of nitrogens with one attached hydrogen (secondary N) is 1. The molecular formula is C13H16F3NO3. The molecule has 0 aliphatic carbocycles. The van der Waals surface area contributed by atoms with Gasteiger partial charge in [0.25, 0.3) is 6.43 Å². The molecule has 20 heavy (non-hydrogen) atoms. The number of carbonyl (C=O) groups is 1. The molecule has 0 aliphatic heterocycles. The summed E-state index contributed by atoms with van der Waals surface area (Å²) < 4.78 is 43.1. The van der Waals surface area contributed by atoms with Gasteiger partial charge in [0.15, 0.2) is 0 Å². The maximum Gasteiger partial charge on any atom is 0.412 e. The highest BCUT2D eigenvalue weighted by Crippen LogP contribution is 2.26. The zero-order valence-electron chi connectivity index (χ0n) is 11.3. The van der Waals surface area contributed by atoms with Crippen LogP contribution >= 0.6 is 0 Å². The highest BCUT2D eigenvalue weighted by molar-refractivity contribution is 5.85. The number of anilines is 1. The summed E-state index contributed by atoms with van der Waals surface area (Å²) in [6.07, 6.45) is -6.18. The van der Waals surface area contributed by atoms with Gasteiger partial charge in [-0.25, -0.2) is 18.0 Å². The van der Waals surface area contributed by atoms with E-state index in [2.05, 4.69) is 5.32 Å². The van der Waals surface area contributed by atoms with Crippen molar-refractivity contribution >= 4 is 11.8 Å². The SMILES string of the molecule is CC(C)(C)OC(=O)Nc1ccc(F)c(C(O)C(F)F)c1. The summed E-state index contributed by atoms with van der Waals surface area (Å²) >= 11 is 0. The van der Waals surface area contributed by atoms with Gasteiger partial charge in [-0.1, -0.05) is 0 Å². The molecule has 0 fully saturated rings. The average Bonchev–Trinajstić information content (AvgIpc) is 2.28. The van der Waals surface area contributed by atoms with Gasteiger partial charge in [-0.3, -0.25) is 5.32 Å². The molecule has 7 heteroatoms. The summed E-state index contributed by atoms with van der Waals surface area (Å²) in [5.41, 5.74) is -1.26. The number of hydrogen-bond acceptors (Lipinski definition) is 3. The first-order valence-electron chi connectivity index (χ1n) is 5.86. The van der Waals surface area contributed by atoms with Gasteiger partial charge in [-0.05, 0) is 39.0 Å². The number of ether oxygens (including phenoxy) is 1. The Labute approximate surface area is 114 Å². The first kappa shape index (κ1) is 16.3. The van der Waals surface area contributed by atoms with E-state index >= 15 is 0 Å². The van der Waals surface area contributed by atoms with Gasteiger partial charge in [-0.15, -0.1) is 0 Å². The van der Waals surface area contributed by atoms with Crippen LogP contribution < -0.4 is 5.32 Å². The fourth-order valence-corrected chi connectivity index (χ4v) is 1.41. The van der Waals surface area contributed by atoms with Crippen LogP contribution in [0.3, 0.4) is 0 Å². The second-order valence-corrected chi connectivity index (χ2v) is 5.14. The lowest BCUT2D eigenvalue weighted by Gasteiger charge is -2.20. The molecular weight excluding hydrogens is 275 g/mol. The molecule has 1 amide bonds. The van der Waals surface area contributed by atoms with E-state index in [4.69, 9.17) is 4.74 Å². The summed E-state index contributed by atoms with van der Waals surface area (Å²) in [4.78, 5) is 11.5. The Morgan fingerprint density at radius 2 is 1.95 bits per heavy atom. The second kappa shape index (κ2) is 6.13. The minimum absolute atomic E-state index is 0.0513. The molecule has 0 heterocycles. The summed E-state index contributed by atoms with van der Waals surface area (Å²) in [6, 6.07) is 3.00. The van der Waals surface area contributed by atoms with Crippen LogP contribution in [0.4, 0.5) is 23.7 Å². The first-order chi connectivity index (χ1) is 9.10. The van der Waals surface area contributed by atoms with Crippen molar-refractivity contribution in [2.45, 2.75) is 38.9 Å². The van der Waals surface area contributed by atoms with E-state index in [-0.39, 0.29) is 5.69 Å². The molecule has 2 N–H and O–H groups in total. The third-order valence-electron chi connectivity index (χ3n) is 2.20. The molecule has 0 aliphatic rings. The summed E-state index contributed by atoms with van der Waals surface area (Å²) in [7, 11) is 0. The number of amides is 1. The number of halogens is 3. The lowest BCUT2D eigenvalue weighted by Crippen LogP contribution is -2.27. The monoisotopic (exact) mass is 291 g/mol. The van der Waals surface area contributed by atoms with Crippen molar-refractivity contribution in [2.75, 3.05) is 5.32 Å². The predicted molar refractivity (Wildman–Crippen MR) is 67.2 cm³/mol. The van der Waals surface area contributed by atoms with Crippen molar-refractivity contribution in [2.24, 2.45) is 0 Å². The van der Waals surface area contributed by atoms with E-state index in [1.807, 2.05) is 0 Å². The van der Waals surface area contributed by atoms with Gasteiger partial charge >= 0.3 is 6.09 Å². The molecule has 1 atom stereocenters. The molecule has 1 aromatic rings. The maximum atomic E-state index is 13.4. The number of hydrogen-bond donors (Lipinski definition) is 2. The first-order valence-corrected chi connectivity index (χ1v) is 5.86. The van der Waals surface area contributed by atoms with Gasteiger partial charge in [0, 0.05) is 11.3 Å².